The Morgan fingerprint density at radius 1 is 1.43 bits per heavy atom. The molecule has 1 aliphatic rings. The molecule has 120 valence electrons. The summed E-state index contributed by atoms with van der Waals surface area (Å²) in [6.45, 7) is 8.55. The van der Waals surface area contributed by atoms with Crippen LogP contribution >= 0.6 is 0 Å². The van der Waals surface area contributed by atoms with Crippen LogP contribution < -0.4 is 0 Å². The van der Waals surface area contributed by atoms with Crippen LogP contribution in [-0.4, -0.2) is 48.1 Å². The smallest absolute Gasteiger partial charge is 0.240 e. The lowest BCUT2D eigenvalue weighted by Gasteiger charge is -2.19. The van der Waals surface area contributed by atoms with Gasteiger partial charge in [-0.15, -0.1) is 0 Å². The van der Waals surface area contributed by atoms with E-state index in [-0.39, 0.29) is 5.92 Å². The Labute approximate surface area is 126 Å². The summed E-state index contributed by atoms with van der Waals surface area (Å²) in [7, 11) is -2.77. The van der Waals surface area contributed by atoms with Gasteiger partial charge in [0, 0.05) is 5.92 Å². The summed E-state index contributed by atoms with van der Waals surface area (Å²) in [6.07, 6.45) is 1.72. The van der Waals surface area contributed by atoms with E-state index in [1.165, 1.54) is 0 Å². The largest absolute Gasteiger partial charge is 0.338 e. The Kier molecular flexibility index (Phi) is 5.37. The maximum atomic E-state index is 11.5. The Bertz CT molecular complexity index is 554. The summed E-state index contributed by atoms with van der Waals surface area (Å²) >= 11 is 0. The van der Waals surface area contributed by atoms with Crippen molar-refractivity contribution in [3.63, 3.8) is 0 Å². The second-order valence-corrected chi connectivity index (χ2v) is 8.36. The summed E-state index contributed by atoms with van der Waals surface area (Å²) in [5.41, 5.74) is 0. The van der Waals surface area contributed by atoms with Crippen LogP contribution in [0.3, 0.4) is 0 Å². The van der Waals surface area contributed by atoms with Gasteiger partial charge < -0.3 is 4.52 Å². The van der Waals surface area contributed by atoms with Crippen LogP contribution in [0.1, 0.15) is 51.2 Å². The van der Waals surface area contributed by atoms with Crippen LogP contribution in [0.2, 0.25) is 0 Å². The molecule has 1 saturated heterocycles. The molecular formula is C14H25N3O3S. The predicted octanol–water partition coefficient (Wildman–Crippen LogP) is 1.84. The zero-order valence-electron chi connectivity index (χ0n) is 13.1. The van der Waals surface area contributed by atoms with Crippen molar-refractivity contribution in [3.05, 3.63) is 11.7 Å². The molecule has 1 atom stereocenters. The Morgan fingerprint density at radius 3 is 2.71 bits per heavy atom. The van der Waals surface area contributed by atoms with Crippen molar-refractivity contribution in [3.8, 4) is 0 Å². The highest BCUT2D eigenvalue weighted by Gasteiger charge is 2.27. The Balaban J connectivity index is 1.82. The number of hydrogen-bond acceptors (Lipinski definition) is 6. The normalized spacial score (nSPS) is 21.5. The lowest BCUT2D eigenvalue weighted by Crippen LogP contribution is -2.26. The highest BCUT2D eigenvalue weighted by molar-refractivity contribution is 7.91. The molecule has 0 saturated carbocycles. The zero-order valence-corrected chi connectivity index (χ0v) is 13.9. The van der Waals surface area contributed by atoms with Crippen LogP contribution in [0.4, 0.5) is 0 Å². The molecule has 1 fully saturated rings. The van der Waals surface area contributed by atoms with Gasteiger partial charge in [0.15, 0.2) is 15.7 Å². The van der Waals surface area contributed by atoms with Crippen molar-refractivity contribution in [2.24, 2.45) is 5.92 Å². The molecule has 0 N–H and O–H groups in total. The molecule has 2 heterocycles. The number of aromatic nitrogens is 2. The summed E-state index contributed by atoms with van der Waals surface area (Å²) in [4.78, 5) is 6.61. The van der Waals surface area contributed by atoms with E-state index in [2.05, 4.69) is 22.0 Å². The maximum Gasteiger partial charge on any atom is 0.240 e. The summed E-state index contributed by atoms with van der Waals surface area (Å²) < 4.78 is 28.2. The van der Waals surface area contributed by atoms with Crippen molar-refractivity contribution >= 4 is 9.84 Å². The quantitative estimate of drug-likeness (QED) is 0.764. The SMILES string of the molecule is CCN(CCC1CCS(=O)(=O)C1)Cc1nc(C(C)C)no1. The Hall–Kier alpha value is -0.950. The fourth-order valence-electron chi connectivity index (χ4n) is 2.57. The number of nitrogens with zero attached hydrogens (tertiary/aromatic N) is 3. The minimum absolute atomic E-state index is 0.265. The molecule has 6 nitrogen and oxygen atoms in total. The monoisotopic (exact) mass is 315 g/mol. The third kappa shape index (κ3) is 4.78. The first kappa shape index (κ1) is 16.4. The minimum Gasteiger partial charge on any atom is -0.338 e. The van der Waals surface area contributed by atoms with E-state index in [1.807, 2.05) is 13.8 Å². The first-order chi connectivity index (χ1) is 9.89. The van der Waals surface area contributed by atoms with Gasteiger partial charge in [-0.3, -0.25) is 4.90 Å². The van der Waals surface area contributed by atoms with Crippen molar-refractivity contribution in [2.75, 3.05) is 24.6 Å². The third-order valence-corrected chi connectivity index (χ3v) is 5.82. The van der Waals surface area contributed by atoms with Gasteiger partial charge in [-0.05, 0) is 31.8 Å². The first-order valence-corrected chi connectivity index (χ1v) is 9.47. The Morgan fingerprint density at radius 2 is 2.19 bits per heavy atom. The molecule has 1 aromatic heterocycles. The lowest BCUT2D eigenvalue weighted by molar-refractivity contribution is 0.223. The topological polar surface area (TPSA) is 76.3 Å². The number of sulfone groups is 1. The van der Waals surface area contributed by atoms with E-state index < -0.39 is 9.84 Å². The van der Waals surface area contributed by atoms with E-state index in [0.717, 1.165) is 31.8 Å². The second kappa shape index (κ2) is 6.87. The van der Waals surface area contributed by atoms with Gasteiger partial charge in [-0.1, -0.05) is 25.9 Å². The first-order valence-electron chi connectivity index (χ1n) is 7.65. The van der Waals surface area contributed by atoms with Crippen molar-refractivity contribution in [1.82, 2.24) is 15.0 Å². The molecule has 0 spiro atoms. The molecule has 0 bridgehead atoms. The van der Waals surface area contributed by atoms with E-state index in [0.29, 0.717) is 29.9 Å². The summed E-state index contributed by atoms with van der Waals surface area (Å²) in [6, 6.07) is 0. The molecule has 7 heteroatoms. The highest BCUT2D eigenvalue weighted by Crippen LogP contribution is 2.22. The maximum absolute atomic E-state index is 11.5. The van der Waals surface area contributed by atoms with E-state index in [9.17, 15) is 8.42 Å². The van der Waals surface area contributed by atoms with Crippen molar-refractivity contribution < 1.29 is 12.9 Å². The summed E-state index contributed by atoms with van der Waals surface area (Å²) in [5.74, 6) is 2.65. The van der Waals surface area contributed by atoms with Crippen molar-refractivity contribution in [2.45, 2.75) is 46.1 Å². The fraction of sp³-hybridized carbons (Fsp3) is 0.857. The molecule has 0 radical (unpaired) electrons. The van der Waals surface area contributed by atoms with Gasteiger partial charge in [0.2, 0.25) is 5.89 Å². The van der Waals surface area contributed by atoms with Crippen molar-refractivity contribution in [1.29, 1.82) is 0 Å². The van der Waals surface area contributed by atoms with Crippen LogP contribution in [0, 0.1) is 5.92 Å². The second-order valence-electron chi connectivity index (χ2n) is 6.13. The van der Waals surface area contributed by atoms with Gasteiger partial charge in [0.1, 0.15) is 0 Å². The van der Waals surface area contributed by atoms with E-state index in [1.54, 1.807) is 0 Å². The van der Waals surface area contributed by atoms with Crippen LogP contribution in [0.5, 0.6) is 0 Å². The molecule has 2 rings (SSSR count). The van der Waals surface area contributed by atoms with Gasteiger partial charge in [-0.2, -0.15) is 4.98 Å². The number of hydrogen-bond donors (Lipinski definition) is 0. The molecular weight excluding hydrogens is 290 g/mol. The molecule has 1 aliphatic heterocycles. The lowest BCUT2D eigenvalue weighted by atomic mass is 10.1. The standard InChI is InChI=1S/C14H25N3O3S/c1-4-17(7-5-12-6-8-21(18,19)10-12)9-13-15-14(11(2)3)16-20-13/h11-12H,4-10H2,1-3H3. The average Bonchev–Trinajstić information content (AvgIpc) is 3.01. The van der Waals surface area contributed by atoms with Gasteiger partial charge in [-0.25, -0.2) is 8.42 Å². The van der Waals surface area contributed by atoms with E-state index in [4.69, 9.17) is 4.52 Å². The van der Waals surface area contributed by atoms with Gasteiger partial charge in [0.25, 0.3) is 0 Å². The minimum atomic E-state index is -2.77. The number of rotatable bonds is 7. The molecule has 0 aliphatic carbocycles. The highest BCUT2D eigenvalue weighted by atomic mass is 32.2. The molecule has 1 unspecified atom stereocenters. The van der Waals surface area contributed by atoms with Crippen LogP contribution in [0.15, 0.2) is 4.52 Å². The van der Waals surface area contributed by atoms with E-state index >= 15 is 0 Å². The molecule has 1 aromatic rings. The fourth-order valence-corrected chi connectivity index (χ4v) is 4.48. The van der Waals surface area contributed by atoms with Gasteiger partial charge >= 0.3 is 0 Å². The average molecular weight is 315 g/mol. The third-order valence-electron chi connectivity index (χ3n) is 3.99. The van der Waals surface area contributed by atoms with Crippen LogP contribution in [0.25, 0.3) is 0 Å². The molecule has 0 amide bonds. The zero-order chi connectivity index (χ0) is 15.5. The van der Waals surface area contributed by atoms with Crippen LogP contribution in [-0.2, 0) is 16.4 Å². The molecule has 21 heavy (non-hydrogen) atoms. The van der Waals surface area contributed by atoms with Gasteiger partial charge in [0.05, 0.1) is 18.1 Å². The summed E-state index contributed by atoms with van der Waals surface area (Å²) in [5, 5.41) is 3.97. The molecule has 0 aromatic carbocycles. The predicted molar refractivity (Wildman–Crippen MR) is 80.7 cm³/mol.